The highest BCUT2D eigenvalue weighted by molar-refractivity contribution is 9.10. The molecular formula is C28H24BrN3O5. The fraction of sp³-hybridized carbons (Fsp3) is 0.286. The van der Waals surface area contributed by atoms with E-state index in [1.807, 2.05) is 6.08 Å². The second-order valence-electron chi connectivity index (χ2n) is 10.1. The topological polar surface area (TPSA) is 103 Å². The number of rotatable bonds is 2. The molecule has 0 unspecified atom stereocenters. The summed E-state index contributed by atoms with van der Waals surface area (Å²) in [7, 11) is 0. The SMILES string of the molecule is CC1=CC(=O)[C@@]2(C)[C@@H](c3cc(Br)ccc3O)C3=CCn4c(=O)n(-c5ccccc5)c(=O)n4[C@@H]3C[C@H]2C1=O. The smallest absolute Gasteiger partial charge is 0.352 e. The van der Waals surface area contributed by atoms with E-state index in [-0.39, 0.29) is 30.3 Å². The number of nitrogens with zero attached hydrogens (tertiary/aromatic N) is 3. The molecule has 1 aromatic heterocycles. The van der Waals surface area contributed by atoms with Gasteiger partial charge in [0.2, 0.25) is 0 Å². The van der Waals surface area contributed by atoms with Gasteiger partial charge in [-0.05, 0) is 60.9 Å². The first-order valence-electron chi connectivity index (χ1n) is 12.1. The molecule has 0 radical (unpaired) electrons. The number of aromatic nitrogens is 3. The monoisotopic (exact) mass is 561 g/mol. The van der Waals surface area contributed by atoms with E-state index in [0.29, 0.717) is 21.3 Å². The Bertz CT molecular complexity index is 1680. The fourth-order valence-electron chi connectivity index (χ4n) is 6.44. The Morgan fingerprint density at radius 1 is 1.03 bits per heavy atom. The molecule has 37 heavy (non-hydrogen) atoms. The van der Waals surface area contributed by atoms with Gasteiger partial charge in [-0.15, -0.1) is 0 Å². The number of Topliss-reactive ketones (excluding diaryl/α,β-unsaturated/α-hetero) is 1. The van der Waals surface area contributed by atoms with Gasteiger partial charge < -0.3 is 5.11 Å². The summed E-state index contributed by atoms with van der Waals surface area (Å²) >= 11 is 3.47. The first-order valence-corrected chi connectivity index (χ1v) is 12.9. The Hall–Kier alpha value is -3.72. The van der Waals surface area contributed by atoms with Gasteiger partial charge in [0, 0.05) is 21.9 Å². The highest BCUT2D eigenvalue weighted by Crippen LogP contribution is 2.60. The molecular weight excluding hydrogens is 538 g/mol. The van der Waals surface area contributed by atoms with E-state index in [1.54, 1.807) is 62.4 Å². The quantitative estimate of drug-likeness (QED) is 0.481. The molecule has 1 aliphatic heterocycles. The van der Waals surface area contributed by atoms with Gasteiger partial charge in [-0.25, -0.2) is 23.5 Å². The molecule has 2 heterocycles. The molecule has 4 atom stereocenters. The van der Waals surface area contributed by atoms with Crippen molar-refractivity contribution in [3.63, 3.8) is 0 Å². The third-order valence-corrected chi connectivity index (χ3v) is 8.75. The number of hydrogen-bond donors (Lipinski definition) is 1. The van der Waals surface area contributed by atoms with Crippen LogP contribution in [0.5, 0.6) is 5.75 Å². The van der Waals surface area contributed by atoms with Gasteiger partial charge in [-0.1, -0.05) is 47.1 Å². The van der Waals surface area contributed by atoms with Crippen molar-refractivity contribution in [2.24, 2.45) is 11.3 Å². The van der Waals surface area contributed by atoms with Gasteiger partial charge in [0.05, 0.1) is 23.7 Å². The largest absolute Gasteiger partial charge is 0.508 e. The number of aromatic hydroxyl groups is 1. The van der Waals surface area contributed by atoms with E-state index in [9.17, 15) is 24.3 Å². The second-order valence-corrected chi connectivity index (χ2v) is 11.1. The standard InChI is InChI=1S/C28H24BrN3O5/c1-15-12-23(34)28(2)20(25(15)35)14-21-18(24(28)19-13-16(29)8-9-22(19)33)10-11-30-26(36)31(27(37)32(21)30)17-6-4-3-5-7-17/h3-10,12-13,20-21,24,33H,11,14H2,1-2H3/t20-,21+,24+,28-/m0/s1. The minimum Gasteiger partial charge on any atom is -0.508 e. The molecule has 0 saturated heterocycles. The lowest BCUT2D eigenvalue weighted by Gasteiger charge is -2.52. The van der Waals surface area contributed by atoms with Crippen LogP contribution in [0.1, 0.15) is 37.8 Å². The molecule has 3 aliphatic rings. The minimum absolute atomic E-state index is 0.00147. The summed E-state index contributed by atoms with van der Waals surface area (Å²) in [6.07, 6.45) is 3.47. The molecule has 8 nitrogen and oxygen atoms in total. The number of carbonyl (C=O) groups is 2. The molecule has 0 amide bonds. The third kappa shape index (κ3) is 3.19. The van der Waals surface area contributed by atoms with Crippen LogP contribution in [0.4, 0.5) is 0 Å². The lowest BCUT2D eigenvalue weighted by Crippen LogP contribution is -2.54. The predicted octanol–water partition coefficient (Wildman–Crippen LogP) is 3.66. The first-order chi connectivity index (χ1) is 17.6. The number of benzene rings is 2. The van der Waals surface area contributed by atoms with Gasteiger partial charge in [0.1, 0.15) is 5.75 Å². The number of phenolic OH excluding ortho intramolecular Hbond substituents is 1. The molecule has 188 valence electrons. The normalized spacial score (nSPS) is 26.6. The van der Waals surface area contributed by atoms with Crippen LogP contribution in [-0.2, 0) is 16.1 Å². The van der Waals surface area contributed by atoms with Crippen LogP contribution >= 0.6 is 15.9 Å². The molecule has 6 rings (SSSR count). The second kappa shape index (κ2) is 8.14. The molecule has 3 aromatic rings. The number of halogens is 1. The van der Waals surface area contributed by atoms with Crippen molar-refractivity contribution in [2.45, 2.75) is 38.8 Å². The number of fused-ring (bicyclic) bond motifs is 4. The summed E-state index contributed by atoms with van der Waals surface area (Å²) in [6, 6.07) is 13.1. The Labute approximate surface area is 220 Å². The van der Waals surface area contributed by atoms with Crippen molar-refractivity contribution in [2.75, 3.05) is 0 Å². The van der Waals surface area contributed by atoms with E-state index in [4.69, 9.17) is 0 Å². The predicted molar refractivity (Wildman–Crippen MR) is 140 cm³/mol. The van der Waals surface area contributed by atoms with E-state index in [1.165, 1.54) is 15.4 Å². The zero-order valence-corrected chi connectivity index (χ0v) is 21.8. The molecule has 1 N–H and O–H groups in total. The summed E-state index contributed by atoms with van der Waals surface area (Å²) < 4.78 is 4.67. The first kappa shape index (κ1) is 23.7. The zero-order chi connectivity index (χ0) is 26.2. The molecule has 0 spiro atoms. The van der Waals surface area contributed by atoms with Crippen molar-refractivity contribution < 1.29 is 14.7 Å². The van der Waals surface area contributed by atoms with Crippen molar-refractivity contribution in [1.29, 1.82) is 0 Å². The van der Waals surface area contributed by atoms with Crippen molar-refractivity contribution in [1.82, 2.24) is 13.9 Å². The van der Waals surface area contributed by atoms with Crippen molar-refractivity contribution >= 4 is 27.5 Å². The average molecular weight is 562 g/mol. The molecule has 2 aromatic carbocycles. The zero-order valence-electron chi connectivity index (χ0n) is 20.2. The van der Waals surface area contributed by atoms with E-state index >= 15 is 0 Å². The minimum atomic E-state index is -1.16. The van der Waals surface area contributed by atoms with Gasteiger partial charge in [-0.3, -0.25) is 9.59 Å². The van der Waals surface area contributed by atoms with Gasteiger partial charge in [0.15, 0.2) is 11.6 Å². The Balaban J connectivity index is 1.62. The van der Waals surface area contributed by atoms with Gasteiger partial charge in [-0.2, -0.15) is 0 Å². The van der Waals surface area contributed by atoms with Crippen LogP contribution in [0.2, 0.25) is 0 Å². The highest BCUT2D eigenvalue weighted by Gasteiger charge is 2.59. The van der Waals surface area contributed by atoms with Crippen LogP contribution in [0, 0.1) is 11.3 Å². The summed E-state index contributed by atoms with van der Waals surface area (Å²) in [5.41, 5.74) is -0.0618. The van der Waals surface area contributed by atoms with E-state index in [2.05, 4.69) is 15.9 Å². The number of phenols is 1. The average Bonchev–Trinajstić information content (AvgIpc) is 3.14. The highest BCUT2D eigenvalue weighted by atomic mass is 79.9. The van der Waals surface area contributed by atoms with Gasteiger partial charge >= 0.3 is 11.4 Å². The van der Waals surface area contributed by atoms with Gasteiger partial charge in [0.25, 0.3) is 0 Å². The van der Waals surface area contributed by atoms with Crippen LogP contribution in [0.3, 0.4) is 0 Å². The summed E-state index contributed by atoms with van der Waals surface area (Å²) in [6.45, 7) is 3.54. The molecule has 2 aliphatic carbocycles. The van der Waals surface area contributed by atoms with Crippen LogP contribution in [0.25, 0.3) is 5.69 Å². The third-order valence-electron chi connectivity index (χ3n) is 8.25. The number of carbonyl (C=O) groups excluding carboxylic acids is 2. The number of para-hydroxylation sites is 1. The van der Waals surface area contributed by atoms with Crippen molar-refractivity contribution in [3.05, 3.63) is 103 Å². The maximum absolute atomic E-state index is 13.8. The van der Waals surface area contributed by atoms with E-state index in [0.717, 1.165) is 10.1 Å². The molecule has 1 saturated carbocycles. The molecule has 9 heteroatoms. The number of ketones is 2. The van der Waals surface area contributed by atoms with Crippen LogP contribution in [0.15, 0.2) is 85.9 Å². The fourth-order valence-corrected chi connectivity index (χ4v) is 6.82. The summed E-state index contributed by atoms with van der Waals surface area (Å²) in [4.78, 5) is 54.3. The van der Waals surface area contributed by atoms with E-state index < -0.39 is 34.7 Å². The molecule has 1 fully saturated rings. The lowest BCUT2D eigenvalue weighted by atomic mass is 9.51. The maximum Gasteiger partial charge on any atom is 0.352 e. The van der Waals surface area contributed by atoms with Crippen LogP contribution in [-0.4, -0.2) is 30.6 Å². The maximum atomic E-state index is 13.8. The van der Waals surface area contributed by atoms with Crippen molar-refractivity contribution in [3.8, 4) is 11.4 Å². The Morgan fingerprint density at radius 2 is 1.76 bits per heavy atom. The summed E-state index contributed by atoms with van der Waals surface area (Å²) in [5.74, 6) is -1.75. The molecule has 0 bridgehead atoms. The number of hydrogen-bond acceptors (Lipinski definition) is 5. The number of allylic oxidation sites excluding steroid dienone is 4. The Kier molecular flexibility index (Phi) is 5.21. The Morgan fingerprint density at radius 3 is 2.49 bits per heavy atom. The lowest BCUT2D eigenvalue weighted by molar-refractivity contribution is -0.139. The van der Waals surface area contributed by atoms with Crippen LogP contribution < -0.4 is 11.4 Å². The summed E-state index contributed by atoms with van der Waals surface area (Å²) in [5, 5.41) is 10.9.